The van der Waals surface area contributed by atoms with Gasteiger partial charge in [-0.15, -0.1) is 0 Å². The standard InChI is InChI=1S/C21H19F3N6O/c1-20(2,19(31)27-11-21(22,23)24)30-18-14-5-3-4-6-15(14)28-17(29-18)13-8-10-26-16-12(13)7-9-25-16/h3-6,8,10,14,18,30H,11H2,1-2H3,(H,25,26)(H,27,31)/t14-,18?/m1/s1. The minimum atomic E-state index is -4.49. The molecule has 3 heterocycles. The first kappa shape index (κ1) is 20.8. The molecule has 0 spiro atoms. The van der Waals surface area contributed by atoms with Crippen molar-refractivity contribution in [1.29, 1.82) is 0 Å². The van der Waals surface area contributed by atoms with E-state index in [1.54, 1.807) is 12.3 Å². The van der Waals surface area contributed by atoms with E-state index in [4.69, 9.17) is 4.99 Å². The van der Waals surface area contributed by atoms with Gasteiger partial charge in [-0.3, -0.25) is 15.1 Å². The smallest absolute Gasteiger partial charge is 0.345 e. The van der Waals surface area contributed by atoms with E-state index in [2.05, 4.69) is 32.5 Å². The summed E-state index contributed by atoms with van der Waals surface area (Å²) in [7, 11) is 0. The van der Waals surface area contributed by atoms with Crippen LogP contribution in [-0.2, 0) is 4.79 Å². The number of carbonyl (C=O) groups is 1. The number of alkyl halides is 3. The zero-order chi connectivity index (χ0) is 22.2. The van der Waals surface area contributed by atoms with Crippen LogP contribution >= 0.6 is 0 Å². The van der Waals surface area contributed by atoms with Gasteiger partial charge in [0.05, 0.1) is 22.6 Å². The molecule has 1 aliphatic carbocycles. The summed E-state index contributed by atoms with van der Waals surface area (Å²) in [6.45, 7) is 1.63. The lowest BCUT2D eigenvalue weighted by molar-refractivity contribution is -0.141. The van der Waals surface area contributed by atoms with Crippen LogP contribution < -0.4 is 10.6 Å². The first-order valence-electron chi connectivity index (χ1n) is 9.54. The van der Waals surface area contributed by atoms with E-state index in [9.17, 15) is 18.0 Å². The van der Waals surface area contributed by atoms with Crippen molar-refractivity contribution in [1.82, 2.24) is 20.6 Å². The highest BCUT2D eigenvalue weighted by Gasteiger charge is 2.38. The van der Waals surface area contributed by atoms with E-state index >= 15 is 0 Å². The van der Waals surface area contributed by atoms with Crippen LogP contribution in [0.1, 0.15) is 19.4 Å². The molecule has 7 nitrogen and oxygen atoms in total. The van der Waals surface area contributed by atoms with E-state index in [1.165, 1.54) is 13.8 Å². The molecule has 2 aliphatic rings. The Labute approximate surface area is 176 Å². The maximum atomic E-state index is 12.5. The third kappa shape index (κ3) is 4.36. The molecular formula is C21H19F3N6O. The normalized spacial score (nSPS) is 20.7. The minimum absolute atomic E-state index is 0.275. The van der Waals surface area contributed by atoms with E-state index in [-0.39, 0.29) is 5.92 Å². The molecule has 1 amide bonds. The number of hydrogen-bond acceptors (Lipinski definition) is 5. The number of halogens is 3. The Balaban J connectivity index is 1.65. The number of amidine groups is 1. The van der Waals surface area contributed by atoms with Crippen molar-refractivity contribution >= 4 is 28.5 Å². The van der Waals surface area contributed by atoms with Gasteiger partial charge in [0.25, 0.3) is 0 Å². The van der Waals surface area contributed by atoms with Gasteiger partial charge >= 0.3 is 6.18 Å². The molecule has 2 aromatic rings. The van der Waals surface area contributed by atoms with E-state index in [0.717, 1.165) is 5.71 Å². The van der Waals surface area contributed by atoms with Crippen LogP contribution in [0.2, 0.25) is 0 Å². The molecule has 0 fully saturated rings. The van der Waals surface area contributed by atoms with Crippen LogP contribution in [0.15, 0.2) is 46.6 Å². The van der Waals surface area contributed by atoms with Gasteiger partial charge in [-0.05, 0) is 32.1 Å². The minimum Gasteiger partial charge on any atom is -0.345 e. The van der Waals surface area contributed by atoms with Crippen molar-refractivity contribution < 1.29 is 18.0 Å². The van der Waals surface area contributed by atoms with Crippen LogP contribution in [0.3, 0.4) is 0 Å². The lowest BCUT2D eigenvalue weighted by atomic mass is 9.91. The van der Waals surface area contributed by atoms with Crippen molar-refractivity contribution in [2.75, 3.05) is 6.54 Å². The monoisotopic (exact) mass is 428 g/mol. The van der Waals surface area contributed by atoms with Gasteiger partial charge in [-0.2, -0.15) is 13.2 Å². The molecule has 2 atom stereocenters. The van der Waals surface area contributed by atoms with Crippen LogP contribution in [0, 0.1) is 18.2 Å². The molecule has 0 aromatic carbocycles. The Morgan fingerprint density at radius 3 is 2.87 bits per heavy atom. The highest BCUT2D eigenvalue weighted by Crippen LogP contribution is 2.25. The van der Waals surface area contributed by atoms with Crippen LogP contribution in [-0.4, -0.2) is 51.8 Å². The van der Waals surface area contributed by atoms with Crippen molar-refractivity contribution in [2.45, 2.75) is 31.7 Å². The summed E-state index contributed by atoms with van der Waals surface area (Å²) in [4.78, 5) is 28.9. The number of amides is 1. The molecule has 0 saturated heterocycles. The summed E-state index contributed by atoms with van der Waals surface area (Å²) in [6, 6.07) is 4.71. The Morgan fingerprint density at radius 2 is 2.10 bits per heavy atom. The molecule has 31 heavy (non-hydrogen) atoms. The lowest BCUT2D eigenvalue weighted by Crippen LogP contribution is -2.59. The number of nitrogens with one attached hydrogen (secondary N) is 3. The van der Waals surface area contributed by atoms with Crippen molar-refractivity contribution in [3.8, 4) is 0 Å². The topological polar surface area (TPSA) is 94.5 Å². The van der Waals surface area contributed by atoms with Gasteiger partial charge in [-0.25, -0.2) is 15.0 Å². The number of carbonyl (C=O) groups excluding carboxylic acids is 1. The molecule has 0 radical (unpaired) electrons. The average Bonchev–Trinajstić information content (AvgIpc) is 3.20. The number of aromatic nitrogens is 2. The molecule has 0 bridgehead atoms. The number of H-pyrrole nitrogens is 1. The fourth-order valence-electron chi connectivity index (χ4n) is 3.40. The van der Waals surface area contributed by atoms with Gasteiger partial charge in [0.15, 0.2) is 11.5 Å². The Bertz CT molecular complexity index is 1130. The second kappa shape index (κ2) is 7.67. The van der Waals surface area contributed by atoms with Crippen molar-refractivity contribution in [2.24, 2.45) is 15.9 Å². The van der Waals surface area contributed by atoms with Crippen LogP contribution in [0.5, 0.6) is 0 Å². The molecule has 2 aromatic heterocycles. The maximum Gasteiger partial charge on any atom is 0.405 e. The van der Waals surface area contributed by atoms with Gasteiger partial charge in [0.2, 0.25) is 5.91 Å². The Kier molecular flexibility index (Phi) is 5.15. The molecule has 4 rings (SSSR count). The van der Waals surface area contributed by atoms with E-state index < -0.39 is 30.3 Å². The zero-order valence-corrected chi connectivity index (χ0v) is 16.7. The number of allylic oxidation sites excluding steroid dienone is 3. The third-order valence-corrected chi connectivity index (χ3v) is 4.96. The lowest BCUT2D eigenvalue weighted by Gasteiger charge is -2.35. The molecular weight excluding hydrogens is 409 g/mol. The van der Waals surface area contributed by atoms with Gasteiger partial charge in [-0.1, -0.05) is 18.2 Å². The SMILES string of the molecule is CC(C)(NC1N=C(c2ccnc3[nH]c#cc23)N=C2C=CC=C[C@H]21)C(=O)NCC(F)(F)F. The highest BCUT2D eigenvalue weighted by molar-refractivity contribution is 6.17. The summed E-state index contributed by atoms with van der Waals surface area (Å²) in [5.74, 6) is -0.643. The van der Waals surface area contributed by atoms with Gasteiger partial charge < -0.3 is 5.32 Å². The van der Waals surface area contributed by atoms with Gasteiger partial charge in [0.1, 0.15) is 12.7 Å². The quantitative estimate of drug-likeness (QED) is 0.683. The summed E-state index contributed by atoms with van der Waals surface area (Å²) in [6.07, 6.45) is 6.67. The fraction of sp³-hybridized carbons (Fsp3) is 0.333. The summed E-state index contributed by atoms with van der Waals surface area (Å²) in [5.41, 5.74) is 0.672. The molecule has 1 unspecified atom stereocenters. The number of rotatable bonds is 5. The number of pyridine rings is 1. The molecule has 3 N–H and O–H groups in total. The predicted molar refractivity (Wildman–Crippen MR) is 110 cm³/mol. The van der Waals surface area contributed by atoms with Crippen molar-refractivity contribution in [3.63, 3.8) is 0 Å². The summed E-state index contributed by atoms with van der Waals surface area (Å²) < 4.78 is 37.6. The molecule has 10 heteroatoms. The number of fused-ring (bicyclic) bond motifs is 2. The predicted octanol–water partition coefficient (Wildman–Crippen LogP) is 2.48. The first-order valence-corrected chi connectivity index (χ1v) is 9.54. The molecule has 1 aliphatic heterocycles. The van der Waals surface area contributed by atoms with E-state index in [1.807, 2.05) is 29.6 Å². The van der Waals surface area contributed by atoms with Crippen LogP contribution in [0.4, 0.5) is 13.2 Å². The Hall–Kier alpha value is -3.45. The average molecular weight is 428 g/mol. The van der Waals surface area contributed by atoms with E-state index in [0.29, 0.717) is 22.4 Å². The molecule has 0 saturated carbocycles. The molecule has 160 valence electrons. The fourth-order valence-corrected chi connectivity index (χ4v) is 3.40. The summed E-state index contributed by atoms with van der Waals surface area (Å²) >= 11 is 0. The van der Waals surface area contributed by atoms with Crippen LogP contribution in [0.25, 0.3) is 11.0 Å². The first-order chi connectivity index (χ1) is 14.6. The second-order valence-electron chi connectivity index (χ2n) is 7.73. The summed E-state index contributed by atoms with van der Waals surface area (Å²) in [5, 5.41) is 5.69. The Morgan fingerprint density at radius 1 is 1.29 bits per heavy atom. The second-order valence-corrected chi connectivity index (χ2v) is 7.73. The maximum absolute atomic E-state index is 12.5. The highest BCUT2D eigenvalue weighted by atomic mass is 19.4. The number of aliphatic imine (C=N–C) groups is 2. The number of aromatic amines is 1. The number of nitrogens with zero attached hydrogens (tertiary/aromatic N) is 3. The van der Waals surface area contributed by atoms with Gasteiger partial charge in [0, 0.05) is 18.0 Å². The number of hydrogen-bond donors (Lipinski definition) is 3. The zero-order valence-electron chi connectivity index (χ0n) is 16.7. The van der Waals surface area contributed by atoms with Crippen molar-refractivity contribution in [3.05, 3.63) is 54.4 Å². The third-order valence-electron chi connectivity index (χ3n) is 4.96. The largest absolute Gasteiger partial charge is 0.405 e.